The van der Waals surface area contributed by atoms with Gasteiger partial charge in [0.2, 0.25) is 11.1 Å². The molecule has 11 heteroatoms. The number of carbonyl (C=O) groups excluding carboxylic acids is 2. The molecule has 1 aromatic heterocycles. The fourth-order valence-corrected chi connectivity index (χ4v) is 4.13. The van der Waals surface area contributed by atoms with Crippen molar-refractivity contribution < 1.29 is 9.59 Å². The van der Waals surface area contributed by atoms with E-state index in [0.717, 1.165) is 39.7 Å². The summed E-state index contributed by atoms with van der Waals surface area (Å²) in [5.41, 5.74) is 4.48. The number of allylic oxidation sites excluding steroid dienone is 2. The van der Waals surface area contributed by atoms with Gasteiger partial charge in [0.15, 0.2) is 4.32 Å². The maximum Gasteiger partial charge on any atom is 0.285 e. The summed E-state index contributed by atoms with van der Waals surface area (Å²) in [7, 11) is 1.68. The number of amides is 2. The largest absolute Gasteiger partial charge is 0.285 e. The van der Waals surface area contributed by atoms with E-state index in [1.54, 1.807) is 13.1 Å². The third-order valence-corrected chi connectivity index (χ3v) is 5.81. The summed E-state index contributed by atoms with van der Waals surface area (Å²) >= 11 is 7.54. The first-order chi connectivity index (χ1) is 13.4. The topological polar surface area (TPSA) is 93.0 Å². The number of rotatable bonds is 6. The molecule has 0 radical (unpaired) electrons. The van der Waals surface area contributed by atoms with Crippen LogP contribution in [0.4, 0.5) is 0 Å². The smallest absolute Gasteiger partial charge is 0.272 e. The van der Waals surface area contributed by atoms with Gasteiger partial charge in [0.05, 0.1) is 10.7 Å². The monoisotopic (exact) mass is 432 g/mol. The van der Waals surface area contributed by atoms with Crippen LogP contribution in [-0.2, 0) is 16.6 Å². The van der Waals surface area contributed by atoms with Crippen LogP contribution < -0.4 is 5.43 Å². The summed E-state index contributed by atoms with van der Waals surface area (Å²) in [6.45, 7) is 1.91. The standard InChI is InChI=1S/C17H16N6O2S3/c1-11(8-12-6-4-3-5-7-12)9-13-15(25)23(17(26)28-13)19-14(24)10-27-16-18-20-21-22(16)2/h3-9H,10H2,1-2H3,(H,19,24)/b11-8+,13-9-. The van der Waals surface area contributed by atoms with E-state index in [1.165, 1.54) is 4.68 Å². The van der Waals surface area contributed by atoms with E-state index >= 15 is 0 Å². The van der Waals surface area contributed by atoms with Crippen molar-refractivity contribution in [2.24, 2.45) is 7.05 Å². The fourth-order valence-electron chi connectivity index (χ4n) is 2.26. The van der Waals surface area contributed by atoms with Gasteiger partial charge in [-0.25, -0.2) is 4.68 Å². The molecular weight excluding hydrogens is 416 g/mol. The molecule has 2 amide bonds. The highest BCUT2D eigenvalue weighted by atomic mass is 32.2. The molecule has 2 heterocycles. The van der Waals surface area contributed by atoms with E-state index in [4.69, 9.17) is 12.2 Å². The molecule has 0 aliphatic carbocycles. The molecule has 1 aliphatic heterocycles. The number of benzene rings is 1. The highest BCUT2D eigenvalue weighted by Gasteiger charge is 2.33. The molecule has 1 aliphatic rings. The zero-order chi connectivity index (χ0) is 20.1. The molecule has 0 unspecified atom stereocenters. The highest BCUT2D eigenvalue weighted by molar-refractivity contribution is 8.26. The molecule has 1 fully saturated rings. The van der Waals surface area contributed by atoms with Crippen molar-refractivity contribution in [3.05, 3.63) is 52.4 Å². The zero-order valence-corrected chi connectivity index (χ0v) is 17.5. The van der Waals surface area contributed by atoms with Crippen LogP contribution in [0.5, 0.6) is 0 Å². The van der Waals surface area contributed by atoms with Crippen molar-refractivity contribution >= 4 is 58.0 Å². The van der Waals surface area contributed by atoms with E-state index in [2.05, 4.69) is 21.0 Å². The maximum atomic E-state index is 12.6. The second-order valence-electron chi connectivity index (χ2n) is 5.72. The first-order valence-electron chi connectivity index (χ1n) is 8.10. The molecule has 144 valence electrons. The molecule has 0 atom stereocenters. The summed E-state index contributed by atoms with van der Waals surface area (Å²) in [4.78, 5) is 25.2. The van der Waals surface area contributed by atoms with E-state index in [9.17, 15) is 9.59 Å². The van der Waals surface area contributed by atoms with Crippen LogP contribution >= 0.6 is 35.7 Å². The van der Waals surface area contributed by atoms with E-state index in [0.29, 0.717) is 10.1 Å². The van der Waals surface area contributed by atoms with Gasteiger partial charge in [0, 0.05) is 7.05 Å². The van der Waals surface area contributed by atoms with Crippen LogP contribution in [0.25, 0.3) is 6.08 Å². The average molecular weight is 433 g/mol. The van der Waals surface area contributed by atoms with Crippen molar-refractivity contribution in [1.29, 1.82) is 0 Å². The van der Waals surface area contributed by atoms with Gasteiger partial charge in [-0.1, -0.05) is 59.9 Å². The summed E-state index contributed by atoms with van der Waals surface area (Å²) in [6.07, 6.45) is 3.73. The lowest BCUT2D eigenvalue weighted by Crippen LogP contribution is -2.45. The molecule has 1 N–H and O–H groups in total. The summed E-state index contributed by atoms with van der Waals surface area (Å²) in [5, 5.41) is 12.6. The molecular formula is C17H16N6O2S3. The Morgan fingerprint density at radius 2 is 2.11 bits per heavy atom. The number of nitrogens with zero attached hydrogens (tertiary/aromatic N) is 5. The van der Waals surface area contributed by atoms with Crippen molar-refractivity contribution in [3.63, 3.8) is 0 Å². The van der Waals surface area contributed by atoms with Crippen molar-refractivity contribution in [3.8, 4) is 0 Å². The quantitative estimate of drug-likeness (QED) is 0.422. The van der Waals surface area contributed by atoms with Gasteiger partial charge >= 0.3 is 0 Å². The molecule has 8 nitrogen and oxygen atoms in total. The molecule has 0 bridgehead atoms. The number of tetrazole rings is 1. The van der Waals surface area contributed by atoms with Gasteiger partial charge < -0.3 is 0 Å². The summed E-state index contributed by atoms with van der Waals surface area (Å²) in [6, 6.07) is 9.80. The summed E-state index contributed by atoms with van der Waals surface area (Å²) < 4.78 is 1.74. The van der Waals surface area contributed by atoms with Crippen molar-refractivity contribution in [2.75, 3.05) is 5.75 Å². The van der Waals surface area contributed by atoms with Gasteiger partial charge in [-0.2, -0.15) is 5.01 Å². The molecule has 1 saturated heterocycles. The lowest BCUT2D eigenvalue weighted by atomic mass is 10.1. The van der Waals surface area contributed by atoms with Crippen molar-refractivity contribution in [1.82, 2.24) is 30.6 Å². The third kappa shape index (κ3) is 5.06. The normalized spacial score (nSPS) is 16.1. The Morgan fingerprint density at radius 1 is 1.36 bits per heavy atom. The highest BCUT2D eigenvalue weighted by Crippen LogP contribution is 2.31. The lowest BCUT2D eigenvalue weighted by molar-refractivity contribution is -0.131. The van der Waals surface area contributed by atoms with Crippen LogP contribution in [0.2, 0.25) is 0 Å². The predicted octanol–water partition coefficient (Wildman–Crippen LogP) is 2.18. The lowest BCUT2D eigenvalue weighted by Gasteiger charge is -2.15. The van der Waals surface area contributed by atoms with Gasteiger partial charge in [-0.05, 0) is 46.8 Å². The first kappa shape index (κ1) is 20.2. The second kappa shape index (κ2) is 9.13. The number of aromatic nitrogens is 4. The Kier molecular flexibility index (Phi) is 6.60. The van der Waals surface area contributed by atoms with Crippen LogP contribution in [0.3, 0.4) is 0 Å². The number of hydrazine groups is 1. The molecule has 0 spiro atoms. The van der Waals surface area contributed by atoms with Gasteiger partial charge in [0.1, 0.15) is 0 Å². The molecule has 2 aromatic rings. The SMILES string of the molecule is CC(/C=C1\SC(=S)N(NC(=O)CSc2nnnn2C)C1=O)=C\c1ccccc1. The van der Waals surface area contributed by atoms with Gasteiger partial charge in [-0.3, -0.25) is 15.0 Å². The van der Waals surface area contributed by atoms with Crippen LogP contribution in [0.1, 0.15) is 12.5 Å². The molecule has 28 heavy (non-hydrogen) atoms. The second-order valence-corrected chi connectivity index (χ2v) is 8.34. The fraction of sp³-hybridized carbons (Fsp3) is 0.176. The van der Waals surface area contributed by atoms with Crippen LogP contribution in [0.15, 0.2) is 52.0 Å². The Morgan fingerprint density at radius 3 is 2.79 bits per heavy atom. The predicted molar refractivity (Wildman–Crippen MR) is 113 cm³/mol. The number of nitrogens with one attached hydrogen (secondary N) is 1. The van der Waals surface area contributed by atoms with E-state index < -0.39 is 0 Å². The molecule has 1 aromatic carbocycles. The number of hydrogen-bond acceptors (Lipinski definition) is 8. The Labute approximate surface area is 175 Å². The minimum atomic E-state index is -0.373. The molecule has 0 saturated carbocycles. The molecule has 3 rings (SSSR count). The number of hydrogen-bond donors (Lipinski definition) is 1. The first-order valence-corrected chi connectivity index (χ1v) is 10.3. The Balaban J connectivity index is 1.62. The Bertz CT molecular complexity index is 970. The van der Waals surface area contributed by atoms with Gasteiger partial charge in [0.25, 0.3) is 5.91 Å². The summed E-state index contributed by atoms with van der Waals surface area (Å²) in [5.74, 6) is -0.673. The zero-order valence-electron chi connectivity index (χ0n) is 15.0. The number of thiocarbonyl (C=S) groups is 1. The van der Waals surface area contributed by atoms with Gasteiger partial charge in [-0.15, -0.1) is 5.10 Å². The third-order valence-electron chi connectivity index (χ3n) is 3.50. The Hall–Kier alpha value is -2.50. The van der Waals surface area contributed by atoms with E-state index in [1.807, 2.05) is 43.3 Å². The van der Waals surface area contributed by atoms with Crippen LogP contribution in [-0.4, -0.2) is 47.1 Å². The van der Waals surface area contributed by atoms with E-state index in [-0.39, 0.29) is 21.9 Å². The number of thioether (sulfide) groups is 2. The average Bonchev–Trinajstić information content (AvgIpc) is 3.19. The maximum absolute atomic E-state index is 12.6. The van der Waals surface area contributed by atoms with Crippen molar-refractivity contribution in [2.45, 2.75) is 12.1 Å². The van der Waals surface area contributed by atoms with Crippen LogP contribution in [0, 0.1) is 0 Å². The number of carbonyl (C=O) groups is 2. The number of aryl methyl sites for hydroxylation is 1. The minimum Gasteiger partial charge on any atom is -0.272 e. The minimum absolute atomic E-state index is 0.0528.